The number of piperazine rings is 1. The first-order chi connectivity index (χ1) is 14.2. The van der Waals surface area contributed by atoms with E-state index in [0.717, 1.165) is 5.69 Å². The van der Waals surface area contributed by atoms with E-state index in [-0.39, 0.29) is 10.5 Å². The highest BCUT2D eigenvalue weighted by molar-refractivity contribution is 7.89. The highest BCUT2D eigenvalue weighted by atomic mass is 32.2. The lowest BCUT2D eigenvalue weighted by Gasteiger charge is -2.36. The van der Waals surface area contributed by atoms with Crippen LogP contribution in [0.15, 0.2) is 40.2 Å². The Morgan fingerprint density at radius 3 is 2.43 bits per heavy atom. The third kappa shape index (κ3) is 3.41. The van der Waals surface area contributed by atoms with Gasteiger partial charge in [0.2, 0.25) is 10.0 Å². The smallest absolute Gasteiger partial charge is 0.290 e. The topological polar surface area (TPSA) is 79.9 Å². The van der Waals surface area contributed by atoms with Crippen LogP contribution in [0.2, 0.25) is 0 Å². The van der Waals surface area contributed by atoms with Gasteiger partial charge in [0.15, 0.2) is 0 Å². The van der Waals surface area contributed by atoms with Gasteiger partial charge in [0.05, 0.1) is 0 Å². The molecule has 0 unspecified atom stereocenters. The number of rotatable bonds is 4. The molecule has 8 nitrogen and oxygen atoms in total. The number of hydrogen-bond donors (Lipinski definition) is 0. The van der Waals surface area contributed by atoms with Crippen molar-refractivity contribution in [3.8, 4) is 0 Å². The summed E-state index contributed by atoms with van der Waals surface area (Å²) in [6.07, 6.45) is 2.11. The van der Waals surface area contributed by atoms with Gasteiger partial charge in [-0.3, -0.25) is 9.20 Å². The summed E-state index contributed by atoms with van der Waals surface area (Å²) in [5, 5.41) is 4.24. The first kappa shape index (κ1) is 20.6. The first-order valence-electron chi connectivity index (χ1n) is 10.1. The number of hydrogen-bond acceptors (Lipinski definition) is 5. The molecule has 4 rings (SSSR count). The van der Waals surface area contributed by atoms with E-state index in [9.17, 15) is 13.2 Å². The molecule has 0 spiro atoms. The lowest BCUT2D eigenvalue weighted by atomic mass is 10.1. The minimum Gasteiger partial charge on any atom is -0.369 e. The Bertz CT molecular complexity index is 1270. The number of benzene rings is 1. The van der Waals surface area contributed by atoms with Crippen LogP contribution in [0, 0.1) is 13.8 Å². The lowest BCUT2D eigenvalue weighted by molar-refractivity contribution is 0.385. The van der Waals surface area contributed by atoms with Crippen molar-refractivity contribution in [3.05, 3.63) is 57.8 Å². The van der Waals surface area contributed by atoms with Gasteiger partial charge in [-0.25, -0.2) is 13.1 Å². The van der Waals surface area contributed by atoms with Crippen molar-refractivity contribution < 1.29 is 8.42 Å². The quantitative estimate of drug-likeness (QED) is 0.631. The van der Waals surface area contributed by atoms with Gasteiger partial charge < -0.3 is 4.90 Å². The summed E-state index contributed by atoms with van der Waals surface area (Å²) in [5.41, 5.74) is 3.55. The fourth-order valence-electron chi connectivity index (χ4n) is 4.01. The molecule has 0 atom stereocenters. The van der Waals surface area contributed by atoms with E-state index >= 15 is 0 Å². The van der Waals surface area contributed by atoms with Crippen molar-refractivity contribution in [2.24, 2.45) is 7.05 Å². The molecule has 30 heavy (non-hydrogen) atoms. The van der Waals surface area contributed by atoms with E-state index in [1.807, 2.05) is 6.92 Å². The van der Waals surface area contributed by atoms with Crippen molar-refractivity contribution in [1.29, 1.82) is 0 Å². The third-order valence-electron chi connectivity index (χ3n) is 5.75. The van der Waals surface area contributed by atoms with E-state index in [1.165, 1.54) is 32.4 Å². The fourth-order valence-corrected chi connectivity index (χ4v) is 5.45. The zero-order chi connectivity index (χ0) is 21.6. The molecule has 0 radical (unpaired) electrons. The molecule has 9 heteroatoms. The average molecular weight is 430 g/mol. The molecule has 1 aromatic carbocycles. The predicted octanol–water partition coefficient (Wildman–Crippen LogP) is 1.72. The van der Waals surface area contributed by atoms with Crippen LogP contribution in [0.25, 0.3) is 5.52 Å². The van der Waals surface area contributed by atoms with Gasteiger partial charge in [0, 0.05) is 51.5 Å². The Hall–Kier alpha value is -2.65. The lowest BCUT2D eigenvalue weighted by Crippen LogP contribution is -2.48. The predicted molar refractivity (Wildman–Crippen MR) is 117 cm³/mol. The molecular weight excluding hydrogens is 402 g/mol. The largest absolute Gasteiger partial charge is 0.369 e. The van der Waals surface area contributed by atoms with Crippen LogP contribution in [-0.4, -0.2) is 53.1 Å². The first-order valence-corrected chi connectivity index (χ1v) is 11.6. The average Bonchev–Trinajstić information content (AvgIpc) is 3.19. The summed E-state index contributed by atoms with van der Waals surface area (Å²) in [6.45, 7) is 8.11. The molecular formula is C21H27N5O3S. The maximum absolute atomic E-state index is 13.3. The molecule has 3 aromatic rings. The van der Waals surface area contributed by atoms with Crippen LogP contribution in [0.3, 0.4) is 0 Å². The highest BCUT2D eigenvalue weighted by Gasteiger charge is 2.30. The maximum Gasteiger partial charge on any atom is 0.290 e. The summed E-state index contributed by atoms with van der Waals surface area (Å²) in [7, 11) is -2.11. The van der Waals surface area contributed by atoms with E-state index in [2.05, 4.69) is 42.0 Å². The Labute approximate surface area is 176 Å². The van der Waals surface area contributed by atoms with Gasteiger partial charge in [-0.2, -0.15) is 9.40 Å². The van der Waals surface area contributed by atoms with E-state index < -0.39 is 10.0 Å². The van der Waals surface area contributed by atoms with Crippen LogP contribution < -0.4 is 10.5 Å². The monoisotopic (exact) mass is 429 g/mol. The van der Waals surface area contributed by atoms with Crippen LogP contribution in [0.1, 0.15) is 23.9 Å². The molecule has 1 aliphatic rings. The second-order valence-corrected chi connectivity index (χ2v) is 9.75. The summed E-state index contributed by atoms with van der Waals surface area (Å²) < 4.78 is 30.9. The highest BCUT2D eigenvalue weighted by Crippen LogP contribution is 2.25. The van der Waals surface area contributed by atoms with Crippen molar-refractivity contribution in [2.45, 2.75) is 32.1 Å². The van der Waals surface area contributed by atoms with Gasteiger partial charge in [0.25, 0.3) is 5.56 Å². The zero-order valence-corrected chi connectivity index (χ0v) is 18.6. The van der Waals surface area contributed by atoms with Crippen LogP contribution in [0.4, 0.5) is 5.69 Å². The molecule has 1 aliphatic heterocycles. The molecule has 0 bridgehead atoms. The van der Waals surface area contributed by atoms with Crippen LogP contribution in [0.5, 0.6) is 0 Å². The molecule has 0 N–H and O–H groups in total. The Morgan fingerprint density at radius 2 is 1.77 bits per heavy atom. The maximum atomic E-state index is 13.3. The molecule has 1 saturated heterocycles. The van der Waals surface area contributed by atoms with Crippen LogP contribution in [-0.2, 0) is 23.5 Å². The number of aryl methyl sites for hydroxylation is 4. The van der Waals surface area contributed by atoms with Gasteiger partial charge in [-0.1, -0.05) is 19.1 Å². The van der Waals surface area contributed by atoms with Gasteiger partial charge in [-0.15, -0.1) is 0 Å². The van der Waals surface area contributed by atoms with Crippen molar-refractivity contribution in [2.75, 3.05) is 31.1 Å². The Balaban J connectivity index is 1.62. The number of aromatic nitrogens is 3. The Kier molecular flexibility index (Phi) is 5.19. The molecule has 0 saturated carbocycles. The zero-order valence-electron chi connectivity index (χ0n) is 17.8. The Morgan fingerprint density at radius 1 is 1.07 bits per heavy atom. The van der Waals surface area contributed by atoms with Gasteiger partial charge in [-0.05, 0) is 37.1 Å². The third-order valence-corrected chi connectivity index (χ3v) is 7.61. The summed E-state index contributed by atoms with van der Waals surface area (Å²) >= 11 is 0. The van der Waals surface area contributed by atoms with Crippen molar-refractivity contribution in [3.63, 3.8) is 0 Å². The van der Waals surface area contributed by atoms with Gasteiger partial charge >= 0.3 is 0 Å². The standard InChI is InChI=1S/C21H27N5O3S/c1-5-20-22-23(4)21(27)19-13-17(14-26(19)20)30(28,29)25-10-8-24(9-11-25)18-12-15(2)6-7-16(18)3/h6-7,12-14H,5,8-11H2,1-4H3. The molecule has 1 fully saturated rings. The van der Waals surface area contributed by atoms with Crippen LogP contribution >= 0.6 is 0 Å². The number of sulfonamides is 1. The van der Waals surface area contributed by atoms with Crippen molar-refractivity contribution >= 4 is 21.2 Å². The van der Waals surface area contributed by atoms with E-state index in [4.69, 9.17) is 0 Å². The van der Waals surface area contributed by atoms with E-state index in [1.54, 1.807) is 11.4 Å². The summed E-state index contributed by atoms with van der Waals surface area (Å²) in [6, 6.07) is 7.80. The summed E-state index contributed by atoms with van der Waals surface area (Å²) in [4.78, 5) is 14.8. The SMILES string of the molecule is CCc1nn(C)c(=O)c2cc(S(=O)(=O)N3CCN(c4cc(C)ccc4C)CC3)cn12. The number of nitrogens with zero attached hydrogens (tertiary/aromatic N) is 5. The van der Waals surface area contributed by atoms with Crippen molar-refractivity contribution in [1.82, 2.24) is 18.5 Å². The minimum atomic E-state index is -3.69. The fraction of sp³-hybridized carbons (Fsp3) is 0.429. The number of anilines is 1. The molecule has 0 aliphatic carbocycles. The molecule has 160 valence electrons. The number of fused-ring (bicyclic) bond motifs is 1. The second-order valence-electron chi connectivity index (χ2n) is 7.81. The second kappa shape index (κ2) is 7.55. The molecule has 0 amide bonds. The molecule has 2 aromatic heterocycles. The normalized spacial score (nSPS) is 15.8. The summed E-state index contributed by atoms with van der Waals surface area (Å²) in [5.74, 6) is 0.647. The van der Waals surface area contributed by atoms with Gasteiger partial charge in [0.1, 0.15) is 16.2 Å². The minimum absolute atomic E-state index is 0.141. The van der Waals surface area contributed by atoms with E-state index in [0.29, 0.717) is 43.9 Å². The molecule has 3 heterocycles.